The molecule has 0 saturated heterocycles. The van der Waals surface area contributed by atoms with Crippen molar-refractivity contribution in [3.05, 3.63) is 28.7 Å². The smallest absolute Gasteiger partial charge is 0.258 e. The van der Waals surface area contributed by atoms with Gasteiger partial charge in [-0.05, 0) is 37.6 Å². The van der Waals surface area contributed by atoms with Gasteiger partial charge in [-0.25, -0.2) is 0 Å². The number of aliphatic hydroxyl groups is 1. The first-order valence-electron chi connectivity index (χ1n) is 5.80. The van der Waals surface area contributed by atoms with Gasteiger partial charge in [0.2, 0.25) is 0 Å². The van der Waals surface area contributed by atoms with Crippen molar-refractivity contribution in [2.24, 2.45) is 0 Å². The predicted octanol–water partition coefficient (Wildman–Crippen LogP) is 2.11. The van der Waals surface area contributed by atoms with Crippen LogP contribution in [-0.4, -0.2) is 29.8 Å². The molecule has 0 radical (unpaired) electrons. The molecule has 4 nitrogen and oxygen atoms in total. The van der Waals surface area contributed by atoms with Gasteiger partial charge in [0.05, 0.1) is 5.60 Å². The van der Waals surface area contributed by atoms with Gasteiger partial charge in [-0.15, -0.1) is 0 Å². The number of nitrogens with one attached hydrogen (secondary N) is 1. The van der Waals surface area contributed by atoms with Gasteiger partial charge >= 0.3 is 0 Å². The van der Waals surface area contributed by atoms with Crippen molar-refractivity contribution < 1.29 is 14.6 Å². The molecule has 0 aliphatic carbocycles. The van der Waals surface area contributed by atoms with Crippen molar-refractivity contribution in [2.75, 3.05) is 13.2 Å². The molecular formula is C13H18BrNO3. The third-order valence-electron chi connectivity index (χ3n) is 2.61. The lowest BCUT2D eigenvalue weighted by molar-refractivity contribution is -0.124. The van der Waals surface area contributed by atoms with Crippen molar-refractivity contribution in [1.82, 2.24) is 5.32 Å². The van der Waals surface area contributed by atoms with E-state index >= 15 is 0 Å². The van der Waals surface area contributed by atoms with Crippen LogP contribution in [0, 0.1) is 0 Å². The van der Waals surface area contributed by atoms with Gasteiger partial charge in [0, 0.05) is 11.0 Å². The molecule has 1 aromatic rings. The summed E-state index contributed by atoms with van der Waals surface area (Å²) in [5.41, 5.74) is -0.868. The molecule has 1 atom stereocenters. The van der Waals surface area contributed by atoms with Crippen LogP contribution in [0.5, 0.6) is 5.75 Å². The quantitative estimate of drug-likeness (QED) is 0.845. The van der Waals surface area contributed by atoms with Crippen LogP contribution < -0.4 is 10.1 Å². The Bertz CT molecular complexity index is 390. The zero-order valence-electron chi connectivity index (χ0n) is 10.6. The average molecular weight is 316 g/mol. The largest absolute Gasteiger partial charge is 0.484 e. The Morgan fingerprint density at radius 1 is 1.44 bits per heavy atom. The highest BCUT2D eigenvalue weighted by atomic mass is 79.9. The van der Waals surface area contributed by atoms with Gasteiger partial charge in [0.25, 0.3) is 5.91 Å². The van der Waals surface area contributed by atoms with Gasteiger partial charge in [0.1, 0.15) is 5.75 Å². The average Bonchev–Trinajstić information content (AvgIpc) is 2.36. The summed E-state index contributed by atoms with van der Waals surface area (Å²) in [6, 6.07) is 7.24. The number of hydrogen-bond acceptors (Lipinski definition) is 3. The van der Waals surface area contributed by atoms with E-state index in [1.54, 1.807) is 19.1 Å². The first-order chi connectivity index (χ1) is 8.43. The van der Waals surface area contributed by atoms with Crippen LogP contribution >= 0.6 is 15.9 Å². The number of rotatable bonds is 6. The van der Waals surface area contributed by atoms with Crippen molar-refractivity contribution in [2.45, 2.75) is 25.9 Å². The molecule has 0 fully saturated rings. The molecule has 0 heterocycles. The van der Waals surface area contributed by atoms with E-state index in [0.717, 1.165) is 4.47 Å². The summed E-state index contributed by atoms with van der Waals surface area (Å²) in [5.74, 6) is 0.391. The van der Waals surface area contributed by atoms with Gasteiger partial charge in [-0.2, -0.15) is 0 Å². The minimum Gasteiger partial charge on any atom is -0.484 e. The van der Waals surface area contributed by atoms with Crippen LogP contribution in [0.4, 0.5) is 0 Å². The molecule has 0 saturated carbocycles. The maximum atomic E-state index is 11.5. The zero-order valence-corrected chi connectivity index (χ0v) is 12.2. The zero-order chi connectivity index (χ0) is 13.6. The van der Waals surface area contributed by atoms with Crippen LogP contribution in [0.25, 0.3) is 0 Å². The van der Waals surface area contributed by atoms with Crippen LogP contribution in [0.15, 0.2) is 28.7 Å². The maximum Gasteiger partial charge on any atom is 0.258 e. The number of ether oxygens (including phenoxy) is 1. The van der Waals surface area contributed by atoms with Crippen LogP contribution in [0.1, 0.15) is 20.3 Å². The molecule has 0 aromatic heterocycles. The summed E-state index contributed by atoms with van der Waals surface area (Å²) in [5, 5.41) is 12.4. The highest BCUT2D eigenvalue weighted by Gasteiger charge is 2.18. The fourth-order valence-corrected chi connectivity index (χ4v) is 1.41. The van der Waals surface area contributed by atoms with E-state index in [1.165, 1.54) is 0 Å². The molecule has 100 valence electrons. The first kappa shape index (κ1) is 15.0. The predicted molar refractivity (Wildman–Crippen MR) is 73.6 cm³/mol. The van der Waals surface area contributed by atoms with Gasteiger partial charge in [-0.3, -0.25) is 4.79 Å². The molecule has 0 bridgehead atoms. The van der Waals surface area contributed by atoms with E-state index in [-0.39, 0.29) is 19.1 Å². The Balaban J connectivity index is 2.31. The lowest BCUT2D eigenvalue weighted by Gasteiger charge is -2.21. The fourth-order valence-electron chi connectivity index (χ4n) is 1.14. The van der Waals surface area contributed by atoms with Crippen molar-refractivity contribution in [1.29, 1.82) is 0 Å². The second-order valence-corrected chi connectivity index (χ2v) is 5.29. The topological polar surface area (TPSA) is 58.6 Å². The number of hydrogen-bond donors (Lipinski definition) is 2. The van der Waals surface area contributed by atoms with E-state index in [2.05, 4.69) is 21.2 Å². The molecule has 0 spiro atoms. The van der Waals surface area contributed by atoms with Crippen LogP contribution in [-0.2, 0) is 4.79 Å². The Morgan fingerprint density at radius 3 is 2.61 bits per heavy atom. The molecule has 18 heavy (non-hydrogen) atoms. The minimum atomic E-state index is -0.868. The lowest BCUT2D eigenvalue weighted by Crippen LogP contribution is -2.41. The summed E-state index contributed by atoms with van der Waals surface area (Å²) >= 11 is 3.32. The molecule has 1 rings (SSSR count). The molecule has 1 aromatic carbocycles. The van der Waals surface area contributed by atoms with Crippen molar-refractivity contribution in [3.8, 4) is 5.75 Å². The highest BCUT2D eigenvalue weighted by molar-refractivity contribution is 9.10. The fraction of sp³-hybridized carbons (Fsp3) is 0.462. The van der Waals surface area contributed by atoms with E-state index in [1.807, 2.05) is 19.1 Å². The van der Waals surface area contributed by atoms with Crippen LogP contribution in [0.3, 0.4) is 0 Å². The number of carbonyl (C=O) groups excluding carboxylic acids is 1. The maximum absolute atomic E-state index is 11.5. The lowest BCUT2D eigenvalue weighted by atomic mass is 10.0. The van der Waals surface area contributed by atoms with Crippen molar-refractivity contribution >= 4 is 21.8 Å². The third-order valence-corrected chi connectivity index (χ3v) is 3.14. The number of amides is 1. The summed E-state index contributed by atoms with van der Waals surface area (Å²) < 4.78 is 6.26. The Hall–Kier alpha value is -1.07. The monoisotopic (exact) mass is 315 g/mol. The van der Waals surface area contributed by atoms with E-state index < -0.39 is 5.60 Å². The SMILES string of the molecule is CCC(C)(O)CNC(=O)COc1ccc(Br)cc1. The Labute approximate surface area is 115 Å². The number of halogens is 1. The summed E-state index contributed by atoms with van der Waals surface area (Å²) in [7, 11) is 0. The summed E-state index contributed by atoms with van der Waals surface area (Å²) in [6.07, 6.45) is 0.584. The summed E-state index contributed by atoms with van der Waals surface area (Å²) in [6.45, 7) is 3.72. The molecule has 2 N–H and O–H groups in total. The van der Waals surface area contributed by atoms with Gasteiger partial charge < -0.3 is 15.2 Å². The van der Waals surface area contributed by atoms with Crippen LogP contribution in [0.2, 0.25) is 0 Å². The summed E-state index contributed by atoms with van der Waals surface area (Å²) in [4.78, 5) is 11.5. The second-order valence-electron chi connectivity index (χ2n) is 4.37. The van der Waals surface area contributed by atoms with Gasteiger partial charge in [0.15, 0.2) is 6.61 Å². The molecular weight excluding hydrogens is 298 g/mol. The molecule has 5 heteroatoms. The number of benzene rings is 1. The second kappa shape index (κ2) is 6.75. The standard InChI is InChI=1S/C13H18BrNO3/c1-3-13(2,17)9-15-12(16)8-18-11-6-4-10(14)5-7-11/h4-7,17H,3,8-9H2,1-2H3,(H,15,16). The minimum absolute atomic E-state index is 0.0541. The molecule has 1 unspecified atom stereocenters. The molecule has 0 aliphatic rings. The Kier molecular flexibility index (Phi) is 5.62. The normalized spacial score (nSPS) is 13.8. The van der Waals surface area contributed by atoms with Crippen molar-refractivity contribution in [3.63, 3.8) is 0 Å². The Morgan fingerprint density at radius 2 is 2.06 bits per heavy atom. The first-order valence-corrected chi connectivity index (χ1v) is 6.60. The third kappa shape index (κ3) is 5.51. The number of carbonyl (C=O) groups is 1. The molecule has 1 amide bonds. The highest BCUT2D eigenvalue weighted by Crippen LogP contribution is 2.15. The molecule has 0 aliphatic heterocycles. The van der Waals surface area contributed by atoms with E-state index in [9.17, 15) is 9.90 Å². The van der Waals surface area contributed by atoms with E-state index in [4.69, 9.17) is 4.74 Å². The van der Waals surface area contributed by atoms with Gasteiger partial charge in [-0.1, -0.05) is 22.9 Å². The van der Waals surface area contributed by atoms with E-state index in [0.29, 0.717) is 12.2 Å².